The molecule has 0 saturated heterocycles. The van der Waals surface area contributed by atoms with Gasteiger partial charge in [-0.15, -0.1) is 0 Å². The van der Waals surface area contributed by atoms with E-state index >= 15 is 0 Å². The molecule has 0 heterocycles. The molecule has 0 aliphatic carbocycles. The number of phenolic OH excluding ortho intramolecular Hbond substituents is 2. The van der Waals surface area contributed by atoms with Crippen molar-refractivity contribution < 1.29 is 20.1 Å². The third-order valence-corrected chi connectivity index (χ3v) is 3.00. The lowest BCUT2D eigenvalue weighted by atomic mass is 9.90. The minimum absolute atomic E-state index is 0.00819. The van der Waals surface area contributed by atoms with Gasteiger partial charge in [0.05, 0.1) is 5.92 Å². The number of phenols is 2. The normalized spacial score (nSPS) is 14.1. The van der Waals surface area contributed by atoms with E-state index in [1.54, 1.807) is 6.07 Å². The zero-order valence-corrected chi connectivity index (χ0v) is 10.3. The maximum Gasteiger partial charge on any atom is 0.307 e. The molecular weight excluding hydrogens is 234 g/mol. The smallest absolute Gasteiger partial charge is 0.307 e. The Hall–Kier alpha value is -1.75. The van der Waals surface area contributed by atoms with Crippen molar-refractivity contribution in [3.8, 4) is 11.5 Å². The molecule has 0 amide bonds. The number of hydrogen-bond acceptors (Lipinski definition) is 4. The van der Waals surface area contributed by atoms with Crippen LogP contribution in [0, 0.1) is 11.8 Å². The van der Waals surface area contributed by atoms with Gasteiger partial charge in [0, 0.05) is 12.1 Å². The summed E-state index contributed by atoms with van der Waals surface area (Å²) in [6, 6.07) is 4.55. The molecule has 5 nitrogen and oxygen atoms in total. The summed E-state index contributed by atoms with van der Waals surface area (Å²) in [5.74, 6) is -1.43. The fourth-order valence-electron chi connectivity index (χ4n) is 1.99. The van der Waals surface area contributed by atoms with Gasteiger partial charge in [0.2, 0.25) is 0 Å². The average molecular weight is 253 g/mol. The molecule has 0 bridgehead atoms. The number of carboxylic acid groups (broad SMARTS) is 1. The molecule has 0 spiro atoms. The lowest BCUT2D eigenvalue weighted by Gasteiger charge is -2.17. The number of rotatable bonds is 6. The lowest BCUT2D eigenvalue weighted by molar-refractivity contribution is -0.141. The second-order valence-electron chi connectivity index (χ2n) is 4.59. The zero-order chi connectivity index (χ0) is 13.7. The molecule has 2 atom stereocenters. The van der Waals surface area contributed by atoms with Crippen molar-refractivity contribution in [1.29, 1.82) is 0 Å². The Morgan fingerprint density at radius 2 is 1.89 bits per heavy atom. The van der Waals surface area contributed by atoms with Crippen LogP contribution in [-0.4, -0.2) is 27.8 Å². The van der Waals surface area contributed by atoms with E-state index in [2.05, 4.69) is 0 Å². The Morgan fingerprint density at radius 1 is 1.33 bits per heavy atom. The molecule has 0 aliphatic heterocycles. The molecule has 100 valence electrons. The molecule has 1 aromatic rings. The van der Waals surface area contributed by atoms with Crippen LogP contribution in [0.15, 0.2) is 18.2 Å². The van der Waals surface area contributed by atoms with Crippen molar-refractivity contribution in [3.05, 3.63) is 23.8 Å². The Kier molecular flexibility index (Phi) is 4.97. The Labute approximate surface area is 106 Å². The van der Waals surface area contributed by atoms with E-state index in [1.165, 1.54) is 12.1 Å². The largest absolute Gasteiger partial charge is 0.508 e. The summed E-state index contributed by atoms with van der Waals surface area (Å²) in [4.78, 5) is 10.9. The van der Waals surface area contributed by atoms with E-state index in [9.17, 15) is 15.0 Å². The highest BCUT2D eigenvalue weighted by atomic mass is 16.4. The van der Waals surface area contributed by atoms with Crippen LogP contribution in [0.1, 0.15) is 18.9 Å². The fourth-order valence-corrected chi connectivity index (χ4v) is 1.99. The van der Waals surface area contributed by atoms with Gasteiger partial charge in [-0.1, -0.05) is 13.0 Å². The monoisotopic (exact) mass is 253 g/mol. The number of aromatic hydroxyl groups is 2. The third kappa shape index (κ3) is 3.63. The maximum atomic E-state index is 10.9. The standard InChI is InChI=1S/C13H19NO4/c1-8(5-9(7-14)13(17)18)6-10-11(15)3-2-4-12(10)16/h2-4,8-9,15-16H,5-7,14H2,1H3,(H,17,18). The van der Waals surface area contributed by atoms with E-state index in [-0.39, 0.29) is 24.0 Å². The summed E-state index contributed by atoms with van der Waals surface area (Å²) in [6.07, 6.45) is 0.835. The Balaban J connectivity index is 2.70. The molecule has 1 rings (SSSR count). The van der Waals surface area contributed by atoms with Crippen molar-refractivity contribution in [2.45, 2.75) is 19.8 Å². The number of hydrogen-bond donors (Lipinski definition) is 4. The van der Waals surface area contributed by atoms with Crippen molar-refractivity contribution in [1.82, 2.24) is 0 Å². The highest BCUT2D eigenvalue weighted by Gasteiger charge is 2.20. The van der Waals surface area contributed by atoms with Crippen LogP contribution >= 0.6 is 0 Å². The molecule has 5 N–H and O–H groups in total. The fraction of sp³-hybridized carbons (Fsp3) is 0.462. The third-order valence-electron chi connectivity index (χ3n) is 3.00. The van der Waals surface area contributed by atoms with Crippen LogP contribution in [-0.2, 0) is 11.2 Å². The predicted octanol–water partition coefficient (Wildman–Crippen LogP) is 1.33. The van der Waals surface area contributed by atoms with E-state index in [0.717, 1.165) is 0 Å². The second-order valence-corrected chi connectivity index (χ2v) is 4.59. The number of carboxylic acids is 1. The van der Waals surface area contributed by atoms with Crippen molar-refractivity contribution in [2.24, 2.45) is 17.6 Å². The van der Waals surface area contributed by atoms with Gasteiger partial charge in [-0.2, -0.15) is 0 Å². The van der Waals surface area contributed by atoms with Gasteiger partial charge in [-0.3, -0.25) is 4.79 Å². The quantitative estimate of drug-likeness (QED) is 0.612. The van der Waals surface area contributed by atoms with E-state index in [0.29, 0.717) is 18.4 Å². The molecule has 18 heavy (non-hydrogen) atoms. The van der Waals surface area contributed by atoms with Gasteiger partial charge >= 0.3 is 5.97 Å². The second kappa shape index (κ2) is 6.26. The molecule has 0 aromatic heterocycles. The van der Waals surface area contributed by atoms with Gasteiger partial charge in [0.1, 0.15) is 11.5 Å². The van der Waals surface area contributed by atoms with Crippen LogP contribution in [0.25, 0.3) is 0 Å². The highest BCUT2D eigenvalue weighted by molar-refractivity contribution is 5.70. The first-order chi connectivity index (χ1) is 8.45. The summed E-state index contributed by atoms with van der Waals surface area (Å²) in [6.45, 7) is 1.96. The zero-order valence-electron chi connectivity index (χ0n) is 10.3. The molecule has 0 fully saturated rings. The number of benzene rings is 1. The van der Waals surface area contributed by atoms with E-state index in [1.807, 2.05) is 6.92 Å². The summed E-state index contributed by atoms with van der Waals surface area (Å²) in [5.41, 5.74) is 5.85. The molecular formula is C13H19NO4. The minimum atomic E-state index is -0.911. The summed E-state index contributed by atoms with van der Waals surface area (Å²) in [5, 5.41) is 28.2. The number of nitrogens with two attached hydrogens (primary N) is 1. The topological polar surface area (TPSA) is 104 Å². The Bertz CT molecular complexity index is 399. The van der Waals surface area contributed by atoms with Crippen LogP contribution in [0.4, 0.5) is 0 Å². The van der Waals surface area contributed by atoms with Gasteiger partial charge in [0.25, 0.3) is 0 Å². The number of carbonyl (C=O) groups is 1. The maximum absolute atomic E-state index is 10.9. The van der Waals surface area contributed by atoms with Crippen molar-refractivity contribution >= 4 is 5.97 Å². The van der Waals surface area contributed by atoms with Crippen LogP contribution in [0.5, 0.6) is 11.5 Å². The summed E-state index contributed by atoms with van der Waals surface area (Å²) in [7, 11) is 0. The van der Waals surface area contributed by atoms with Crippen molar-refractivity contribution in [2.75, 3.05) is 6.54 Å². The van der Waals surface area contributed by atoms with Crippen LogP contribution in [0.3, 0.4) is 0 Å². The van der Waals surface area contributed by atoms with E-state index in [4.69, 9.17) is 10.8 Å². The molecule has 0 aliphatic rings. The minimum Gasteiger partial charge on any atom is -0.508 e. The van der Waals surface area contributed by atoms with Crippen LogP contribution < -0.4 is 5.73 Å². The Morgan fingerprint density at radius 3 is 2.33 bits per heavy atom. The van der Waals surface area contributed by atoms with Gasteiger partial charge < -0.3 is 21.1 Å². The molecule has 5 heteroatoms. The lowest BCUT2D eigenvalue weighted by Crippen LogP contribution is -2.25. The predicted molar refractivity (Wildman–Crippen MR) is 67.4 cm³/mol. The first-order valence-electron chi connectivity index (χ1n) is 5.88. The first kappa shape index (κ1) is 14.3. The van der Waals surface area contributed by atoms with Gasteiger partial charge in [-0.05, 0) is 30.9 Å². The van der Waals surface area contributed by atoms with Crippen LogP contribution in [0.2, 0.25) is 0 Å². The van der Waals surface area contributed by atoms with Crippen molar-refractivity contribution in [3.63, 3.8) is 0 Å². The summed E-state index contributed by atoms with van der Waals surface area (Å²) < 4.78 is 0. The molecule has 0 saturated carbocycles. The van der Waals surface area contributed by atoms with Gasteiger partial charge in [0.15, 0.2) is 0 Å². The van der Waals surface area contributed by atoms with E-state index < -0.39 is 11.9 Å². The first-order valence-corrected chi connectivity index (χ1v) is 5.88. The highest BCUT2D eigenvalue weighted by Crippen LogP contribution is 2.30. The summed E-state index contributed by atoms with van der Waals surface area (Å²) >= 11 is 0. The molecule has 0 radical (unpaired) electrons. The molecule has 2 unspecified atom stereocenters. The SMILES string of the molecule is CC(Cc1c(O)cccc1O)CC(CN)C(=O)O. The average Bonchev–Trinajstić information content (AvgIpc) is 2.30. The van der Waals surface area contributed by atoms with Gasteiger partial charge in [-0.25, -0.2) is 0 Å². The molecule has 1 aromatic carbocycles. The number of aliphatic carboxylic acids is 1.